The smallest absolute Gasteiger partial charge is 0.336 e. The van der Waals surface area contributed by atoms with Crippen molar-refractivity contribution in [3.63, 3.8) is 0 Å². The predicted molar refractivity (Wildman–Crippen MR) is 78.5 cm³/mol. The highest BCUT2D eigenvalue weighted by Gasteiger charge is 2.45. The average molecular weight is 340 g/mol. The molecule has 0 bridgehead atoms. The Balaban J connectivity index is 1.98. The lowest BCUT2D eigenvalue weighted by Gasteiger charge is -2.39. The van der Waals surface area contributed by atoms with Gasteiger partial charge in [0.1, 0.15) is 24.4 Å². The van der Waals surface area contributed by atoms with E-state index in [0.29, 0.717) is 5.39 Å². The maximum absolute atomic E-state index is 11.4. The standard InChI is InChI=1S/C15H16O9/c16-5-8-10(19)11(20)12(21)15(22-8)24-14-7(17)3-1-6-2-4-9(18)23-13(6)14/h1-4,8,10-12,15-17,19-21H,5H2/t8-,10-,11+,12-,15?/m1/s1. The van der Waals surface area contributed by atoms with Crippen molar-refractivity contribution in [1.82, 2.24) is 0 Å². The molecule has 130 valence electrons. The van der Waals surface area contributed by atoms with Crippen molar-refractivity contribution in [2.75, 3.05) is 6.61 Å². The second kappa shape index (κ2) is 6.38. The van der Waals surface area contributed by atoms with Gasteiger partial charge in [0.25, 0.3) is 0 Å². The van der Waals surface area contributed by atoms with E-state index in [0.717, 1.165) is 0 Å². The highest BCUT2D eigenvalue weighted by molar-refractivity contribution is 5.85. The third kappa shape index (κ3) is 2.83. The van der Waals surface area contributed by atoms with Crippen LogP contribution in [0.1, 0.15) is 0 Å². The van der Waals surface area contributed by atoms with Crippen LogP contribution >= 0.6 is 0 Å². The molecule has 9 heteroatoms. The number of rotatable bonds is 3. The molecule has 2 heterocycles. The summed E-state index contributed by atoms with van der Waals surface area (Å²) in [5.41, 5.74) is -0.744. The van der Waals surface area contributed by atoms with Gasteiger partial charge in [0, 0.05) is 11.5 Å². The number of aliphatic hydroxyl groups is 4. The van der Waals surface area contributed by atoms with Gasteiger partial charge in [-0.05, 0) is 18.2 Å². The molecule has 1 saturated heterocycles. The summed E-state index contributed by atoms with van der Waals surface area (Å²) in [7, 11) is 0. The molecular weight excluding hydrogens is 324 g/mol. The quantitative estimate of drug-likeness (QED) is 0.429. The van der Waals surface area contributed by atoms with Gasteiger partial charge in [-0.1, -0.05) is 0 Å². The summed E-state index contributed by atoms with van der Waals surface area (Å²) in [5, 5.41) is 49.1. The molecule has 5 N–H and O–H groups in total. The van der Waals surface area contributed by atoms with E-state index in [1.165, 1.54) is 24.3 Å². The SMILES string of the molecule is O=c1ccc2ccc(O)c(OC3O[C@H](CO)[C@@H](O)[C@H](O)[C@H]3O)c2o1. The maximum Gasteiger partial charge on any atom is 0.336 e. The minimum atomic E-state index is -1.66. The molecule has 1 aliphatic rings. The first kappa shape index (κ1) is 16.7. The van der Waals surface area contributed by atoms with Gasteiger partial charge in [-0.25, -0.2) is 4.79 Å². The number of hydrogen-bond donors (Lipinski definition) is 5. The van der Waals surface area contributed by atoms with Crippen LogP contribution in [0.4, 0.5) is 0 Å². The van der Waals surface area contributed by atoms with Crippen molar-refractivity contribution in [2.45, 2.75) is 30.7 Å². The summed E-state index contributed by atoms with van der Waals surface area (Å²) in [6, 6.07) is 5.44. The Morgan fingerprint density at radius 1 is 1.04 bits per heavy atom. The van der Waals surface area contributed by atoms with Gasteiger partial charge in [0.05, 0.1) is 6.61 Å². The molecule has 2 aromatic rings. The molecule has 1 unspecified atom stereocenters. The fourth-order valence-corrected chi connectivity index (χ4v) is 2.49. The maximum atomic E-state index is 11.4. The van der Waals surface area contributed by atoms with E-state index in [-0.39, 0.29) is 17.1 Å². The second-order valence-electron chi connectivity index (χ2n) is 5.40. The van der Waals surface area contributed by atoms with E-state index in [9.17, 15) is 25.2 Å². The largest absolute Gasteiger partial charge is 0.504 e. The summed E-state index contributed by atoms with van der Waals surface area (Å²) in [6.07, 6.45) is -7.51. The lowest BCUT2D eigenvalue weighted by atomic mass is 9.99. The highest BCUT2D eigenvalue weighted by Crippen LogP contribution is 2.36. The lowest BCUT2D eigenvalue weighted by molar-refractivity contribution is -0.277. The number of phenolic OH excluding ortho intramolecular Hbond substituents is 1. The highest BCUT2D eigenvalue weighted by atomic mass is 16.7. The van der Waals surface area contributed by atoms with Crippen molar-refractivity contribution < 1.29 is 39.4 Å². The van der Waals surface area contributed by atoms with Crippen molar-refractivity contribution in [3.05, 3.63) is 34.7 Å². The molecule has 3 rings (SSSR count). The van der Waals surface area contributed by atoms with E-state index >= 15 is 0 Å². The van der Waals surface area contributed by atoms with Crippen LogP contribution in [0.2, 0.25) is 0 Å². The third-order valence-corrected chi connectivity index (χ3v) is 3.81. The Hall–Kier alpha value is -2.17. The molecule has 0 saturated carbocycles. The third-order valence-electron chi connectivity index (χ3n) is 3.81. The van der Waals surface area contributed by atoms with Crippen LogP contribution < -0.4 is 10.4 Å². The number of ether oxygens (including phenoxy) is 2. The Bertz CT molecular complexity index is 784. The van der Waals surface area contributed by atoms with Crippen LogP contribution in [-0.4, -0.2) is 62.8 Å². The molecule has 24 heavy (non-hydrogen) atoms. The van der Waals surface area contributed by atoms with Gasteiger partial charge in [-0.2, -0.15) is 0 Å². The topological polar surface area (TPSA) is 150 Å². The van der Waals surface area contributed by atoms with Gasteiger partial charge in [-0.15, -0.1) is 0 Å². The molecule has 0 spiro atoms. The zero-order valence-corrected chi connectivity index (χ0v) is 12.3. The van der Waals surface area contributed by atoms with Crippen LogP contribution in [0.5, 0.6) is 11.5 Å². The molecule has 1 aromatic carbocycles. The molecule has 1 aliphatic heterocycles. The minimum absolute atomic E-state index is 0.0699. The monoisotopic (exact) mass is 340 g/mol. The van der Waals surface area contributed by atoms with Gasteiger partial charge in [0.2, 0.25) is 12.0 Å². The van der Waals surface area contributed by atoms with Crippen molar-refractivity contribution >= 4 is 11.0 Å². The van der Waals surface area contributed by atoms with E-state index < -0.39 is 42.9 Å². The average Bonchev–Trinajstić information content (AvgIpc) is 2.57. The van der Waals surface area contributed by atoms with E-state index in [4.69, 9.17) is 19.0 Å². The Morgan fingerprint density at radius 2 is 1.75 bits per heavy atom. The Kier molecular flexibility index (Phi) is 4.43. The Labute approximate surface area is 134 Å². The zero-order valence-electron chi connectivity index (χ0n) is 12.3. The minimum Gasteiger partial charge on any atom is -0.504 e. The number of aromatic hydroxyl groups is 1. The fraction of sp³-hybridized carbons (Fsp3) is 0.400. The molecule has 0 amide bonds. The van der Waals surface area contributed by atoms with Crippen molar-refractivity contribution in [2.24, 2.45) is 0 Å². The molecule has 9 nitrogen and oxygen atoms in total. The first-order chi connectivity index (χ1) is 11.4. The summed E-state index contributed by atoms with van der Waals surface area (Å²) >= 11 is 0. The van der Waals surface area contributed by atoms with Gasteiger partial charge in [0.15, 0.2) is 11.3 Å². The van der Waals surface area contributed by atoms with Crippen molar-refractivity contribution in [3.8, 4) is 11.5 Å². The number of fused-ring (bicyclic) bond motifs is 1. The predicted octanol–water partition coefficient (Wildman–Crippen LogP) is -1.32. The van der Waals surface area contributed by atoms with Crippen LogP contribution in [-0.2, 0) is 4.74 Å². The van der Waals surface area contributed by atoms with E-state index in [1.807, 2.05) is 0 Å². The summed E-state index contributed by atoms with van der Waals surface area (Å²) < 4.78 is 15.6. The van der Waals surface area contributed by atoms with Crippen LogP contribution in [0.3, 0.4) is 0 Å². The molecule has 0 radical (unpaired) electrons. The van der Waals surface area contributed by atoms with Gasteiger partial charge < -0.3 is 39.4 Å². The number of hydrogen-bond acceptors (Lipinski definition) is 9. The van der Waals surface area contributed by atoms with E-state index in [2.05, 4.69) is 0 Å². The number of aliphatic hydroxyl groups excluding tert-OH is 4. The zero-order chi connectivity index (χ0) is 17.4. The first-order valence-electron chi connectivity index (χ1n) is 7.15. The summed E-state index contributed by atoms with van der Waals surface area (Å²) in [4.78, 5) is 11.4. The number of benzene rings is 1. The molecular formula is C15H16O9. The Morgan fingerprint density at radius 3 is 2.46 bits per heavy atom. The molecule has 5 atom stereocenters. The van der Waals surface area contributed by atoms with Crippen molar-refractivity contribution in [1.29, 1.82) is 0 Å². The molecule has 0 aliphatic carbocycles. The lowest BCUT2D eigenvalue weighted by Crippen LogP contribution is -2.60. The van der Waals surface area contributed by atoms with E-state index in [1.54, 1.807) is 0 Å². The van der Waals surface area contributed by atoms with Gasteiger partial charge >= 0.3 is 5.63 Å². The number of phenols is 1. The fourth-order valence-electron chi connectivity index (χ4n) is 2.49. The normalized spacial score (nSPS) is 30.4. The van der Waals surface area contributed by atoms with Crippen LogP contribution in [0, 0.1) is 0 Å². The second-order valence-corrected chi connectivity index (χ2v) is 5.40. The van der Waals surface area contributed by atoms with Crippen LogP contribution in [0.25, 0.3) is 11.0 Å². The summed E-state index contributed by atoms with van der Waals surface area (Å²) in [6.45, 7) is -0.624. The summed E-state index contributed by atoms with van der Waals surface area (Å²) in [5.74, 6) is -0.650. The first-order valence-corrected chi connectivity index (χ1v) is 7.15. The molecule has 1 aromatic heterocycles. The van der Waals surface area contributed by atoms with Gasteiger partial charge in [-0.3, -0.25) is 0 Å². The molecule has 1 fully saturated rings. The van der Waals surface area contributed by atoms with Crippen LogP contribution in [0.15, 0.2) is 33.5 Å².